The normalized spacial score (nSPS) is 21.4. The van der Waals surface area contributed by atoms with E-state index in [0.717, 1.165) is 36.2 Å². The topological polar surface area (TPSA) is 33.4 Å². The summed E-state index contributed by atoms with van der Waals surface area (Å²) >= 11 is 19.4. The molecule has 1 saturated heterocycles. The average molecular weight is 450 g/mol. The molecule has 1 spiro atoms. The maximum Gasteiger partial charge on any atom is 0.212 e. The summed E-state index contributed by atoms with van der Waals surface area (Å²) in [5.74, 6) is 1.67. The minimum absolute atomic E-state index is 0.400. The molecule has 3 aromatic rings. The first kappa shape index (κ1) is 19.5. The second-order valence-corrected chi connectivity index (χ2v) is 9.59. The van der Waals surface area contributed by atoms with Gasteiger partial charge in [0.25, 0.3) is 0 Å². The van der Waals surface area contributed by atoms with Gasteiger partial charge in [0, 0.05) is 31.0 Å². The molecule has 29 heavy (non-hydrogen) atoms. The van der Waals surface area contributed by atoms with Gasteiger partial charge >= 0.3 is 0 Å². The molecule has 1 atom stereocenters. The Morgan fingerprint density at radius 2 is 1.90 bits per heavy atom. The molecule has 2 aromatic heterocycles. The predicted octanol–water partition coefficient (Wildman–Crippen LogP) is 6.76. The van der Waals surface area contributed by atoms with Crippen LogP contribution in [-0.4, -0.2) is 27.5 Å². The second-order valence-electron chi connectivity index (χ2n) is 8.44. The van der Waals surface area contributed by atoms with Crippen LogP contribution in [-0.2, 0) is 0 Å². The van der Waals surface area contributed by atoms with E-state index >= 15 is 0 Å². The summed E-state index contributed by atoms with van der Waals surface area (Å²) in [6.45, 7) is 4.42. The summed E-state index contributed by atoms with van der Waals surface area (Å²) in [5, 5.41) is 1.35. The van der Waals surface area contributed by atoms with E-state index in [2.05, 4.69) is 16.8 Å². The molecule has 4 nitrogen and oxygen atoms in total. The molecular formula is C22H23Cl3N4. The van der Waals surface area contributed by atoms with Crippen molar-refractivity contribution in [1.29, 1.82) is 0 Å². The Morgan fingerprint density at radius 1 is 1.10 bits per heavy atom. The molecular weight excluding hydrogens is 427 g/mol. The molecule has 0 N–H and O–H groups in total. The van der Waals surface area contributed by atoms with Crippen LogP contribution >= 0.6 is 34.8 Å². The lowest BCUT2D eigenvalue weighted by molar-refractivity contribution is 0.161. The highest BCUT2D eigenvalue weighted by Gasteiger charge is 2.42. The fourth-order valence-corrected chi connectivity index (χ4v) is 5.96. The summed E-state index contributed by atoms with van der Waals surface area (Å²) in [6.07, 6.45) is 10.2. The molecule has 2 fully saturated rings. The largest absolute Gasteiger partial charge is 0.342 e. The van der Waals surface area contributed by atoms with Gasteiger partial charge in [-0.15, -0.1) is 0 Å². The Hall–Kier alpha value is -1.49. The van der Waals surface area contributed by atoms with Gasteiger partial charge < -0.3 is 4.90 Å². The van der Waals surface area contributed by atoms with Crippen LogP contribution in [0.15, 0.2) is 30.6 Å². The van der Waals surface area contributed by atoms with Gasteiger partial charge in [0.15, 0.2) is 5.65 Å². The van der Waals surface area contributed by atoms with Gasteiger partial charge in [0.1, 0.15) is 5.15 Å². The molecule has 0 amide bonds. The number of hydrogen-bond donors (Lipinski definition) is 0. The van der Waals surface area contributed by atoms with Crippen molar-refractivity contribution in [3.8, 4) is 11.1 Å². The van der Waals surface area contributed by atoms with Crippen molar-refractivity contribution in [1.82, 2.24) is 14.4 Å². The number of anilines is 1. The molecule has 5 rings (SSSR count). The summed E-state index contributed by atoms with van der Waals surface area (Å²) in [4.78, 5) is 11.7. The van der Waals surface area contributed by atoms with Crippen molar-refractivity contribution in [2.24, 2.45) is 11.3 Å². The molecule has 7 heteroatoms. The van der Waals surface area contributed by atoms with E-state index < -0.39 is 0 Å². The van der Waals surface area contributed by atoms with Crippen molar-refractivity contribution in [3.63, 3.8) is 0 Å². The van der Waals surface area contributed by atoms with Crippen molar-refractivity contribution in [2.45, 2.75) is 39.0 Å². The van der Waals surface area contributed by atoms with Crippen LogP contribution in [0.25, 0.3) is 16.8 Å². The molecule has 2 aliphatic rings. The third kappa shape index (κ3) is 3.11. The maximum absolute atomic E-state index is 6.69. The minimum Gasteiger partial charge on any atom is -0.342 e. The summed E-state index contributed by atoms with van der Waals surface area (Å²) in [6, 6.07) is 5.52. The molecule has 152 valence electrons. The van der Waals surface area contributed by atoms with Crippen LogP contribution in [0.1, 0.15) is 39.0 Å². The van der Waals surface area contributed by atoms with Gasteiger partial charge in [-0.1, -0.05) is 66.7 Å². The van der Waals surface area contributed by atoms with E-state index in [9.17, 15) is 0 Å². The Morgan fingerprint density at radius 3 is 2.62 bits per heavy atom. The Labute approximate surface area is 185 Å². The quantitative estimate of drug-likeness (QED) is 0.405. The second kappa shape index (κ2) is 7.33. The van der Waals surface area contributed by atoms with Gasteiger partial charge in [0.05, 0.1) is 15.6 Å². The predicted molar refractivity (Wildman–Crippen MR) is 120 cm³/mol. The molecule has 1 saturated carbocycles. The van der Waals surface area contributed by atoms with Gasteiger partial charge in [0.2, 0.25) is 5.95 Å². The lowest BCUT2D eigenvalue weighted by Crippen LogP contribution is -2.42. The number of halogens is 3. The van der Waals surface area contributed by atoms with E-state index in [1.54, 1.807) is 12.3 Å². The van der Waals surface area contributed by atoms with Crippen LogP contribution in [0, 0.1) is 11.3 Å². The number of imidazole rings is 1. The lowest BCUT2D eigenvalue weighted by Gasteiger charge is -2.42. The number of hydrogen-bond acceptors (Lipinski definition) is 3. The van der Waals surface area contributed by atoms with Gasteiger partial charge in [-0.05, 0) is 36.7 Å². The third-order valence-electron chi connectivity index (χ3n) is 7.10. The minimum atomic E-state index is 0.400. The molecule has 1 aromatic carbocycles. The van der Waals surface area contributed by atoms with Crippen LogP contribution in [0.4, 0.5) is 5.95 Å². The third-order valence-corrected chi connectivity index (χ3v) is 8.20. The molecule has 0 bridgehead atoms. The molecule has 3 heterocycles. The average Bonchev–Trinajstić information content (AvgIpc) is 3.33. The SMILES string of the molecule is C[C@@H]1CCCC12CCN(c1nc(Cl)c(-c3cccc(Cl)c3Cl)c3nccn13)CC2. The smallest absolute Gasteiger partial charge is 0.212 e. The van der Waals surface area contributed by atoms with Gasteiger partial charge in [-0.2, -0.15) is 0 Å². The summed E-state index contributed by atoms with van der Waals surface area (Å²) in [7, 11) is 0. The van der Waals surface area contributed by atoms with Gasteiger partial charge in [-0.25, -0.2) is 9.97 Å². The van der Waals surface area contributed by atoms with Crippen LogP contribution in [0.5, 0.6) is 0 Å². The first-order valence-corrected chi connectivity index (χ1v) is 11.4. The van der Waals surface area contributed by atoms with Crippen molar-refractivity contribution >= 4 is 46.4 Å². The van der Waals surface area contributed by atoms with E-state index in [4.69, 9.17) is 39.8 Å². The Bertz CT molecular complexity index is 1070. The molecule has 1 aliphatic carbocycles. The van der Waals surface area contributed by atoms with E-state index in [1.807, 2.05) is 22.7 Å². The standard InChI is InChI=1S/C22H23Cl3N4/c1-14-4-3-7-22(14)8-11-28(12-9-22)21-27-19(25)17(20-26-10-13-29(20)21)15-5-2-6-16(23)18(15)24/h2,5-6,10,13-14H,3-4,7-9,11-12H2,1H3/t14-/m1/s1. The highest BCUT2D eigenvalue weighted by molar-refractivity contribution is 6.44. The first-order chi connectivity index (χ1) is 14.0. The number of nitrogens with zero attached hydrogens (tertiary/aromatic N) is 4. The van der Waals surface area contributed by atoms with E-state index in [0.29, 0.717) is 26.2 Å². The van der Waals surface area contributed by atoms with E-state index in [1.165, 1.54) is 32.1 Å². The number of aromatic nitrogens is 3. The monoisotopic (exact) mass is 448 g/mol. The lowest BCUT2D eigenvalue weighted by atomic mass is 9.71. The number of rotatable bonds is 2. The zero-order valence-electron chi connectivity index (χ0n) is 16.3. The van der Waals surface area contributed by atoms with Crippen LogP contribution in [0.3, 0.4) is 0 Å². The highest BCUT2D eigenvalue weighted by atomic mass is 35.5. The van der Waals surface area contributed by atoms with Crippen molar-refractivity contribution < 1.29 is 0 Å². The number of piperidine rings is 1. The number of benzene rings is 1. The number of fused-ring (bicyclic) bond motifs is 1. The van der Waals surface area contributed by atoms with Gasteiger partial charge in [-0.3, -0.25) is 4.40 Å². The molecule has 0 radical (unpaired) electrons. The van der Waals surface area contributed by atoms with Crippen molar-refractivity contribution in [3.05, 3.63) is 45.8 Å². The molecule has 1 aliphatic heterocycles. The van der Waals surface area contributed by atoms with Crippen LogP contribution < -0.4 is 4.90 Å². The Kier molecular flexibility index (Phi) is 4.92. The zero-order chi connectivity index (χ0) is 20.2. The summed E-state index contributed by atoms with van der Waals surface area (Å²) < 4.78 is 2.02. The summed E-state index contributed by atoms with van der Waals surface area (Å²) in [5.41, 5.74) is 2.73. The maximum atomic E-state index is 6.69. The van der Waals surface area contributed by atoms with Crippen molar-refractivity contribution in [2.75, 3.05) is 18.0 Å². The fraction of sp³-hybridized carbons (Fsp3) is 0.455. The van der Waals surface area contributed by atoms with E-state index in [-0.39, 0.29) is 0 Å². The highest BCUT2D eigenvalue weighted by Crippen LogP contribution is 2.50. The zero-order valence-corrected chi connectivity index (χ0v) is 18.6. The first-order valence-electron chi connectivity index (χ1n) is 10.2. The van der Waals surface area contributed by atoms with Crippen LogP contribution in [0.2, 0.25) is 15.2 Å². The molecule has 0 unspecified atom stereocenters. The Balaban J connectivity index is 1.54. The fourth-order valence-electron chi connectivity index (χ4n) is 5.30.